The number of hydrogen-bond donors (Lipinski definition) is 1. The quantitative estimate of drug-likeness (QED) is 0.920. The summed E-state index contributed by atoms with van der Waals surface area (Å²) in [6.07, 6.45) is 3.37. The molecule has 0 amide bonds. The van der Waals surface area contributed by atoms with Gasteiger partial charge in [-0.1, -0.05) is 18.2 Å². The van der Waals surface area contributed by atoms with Crippen LogP contribution in [0.3, 0.4) is 0 Å². The summed E-state index contributed by atoms with van der Waals surface area (Å²) in [6, 6.07) is 8.41. The topological polar surface area (TPSA) is 42.4 Å². The summed E-state index contributed by atoms with van der Waals surface area (Å²) in [5, 5.41) is 10.5. The Bertz CT molecular complexity index is 555. The largest absolute Gasteiger partial charge is 0.494 e. The summed E-state index contributed by atoms with van der Waals surface area (Å²) in [5.74, 6) is -0.256. The zero-order chi connectivity index (χ0) is 13.9. The number of aromatic nitrogens is 1. The van der Waals surface area contributed by atoms with Crippen LogP contribution in [0.25, 0.3) is 0 Å². The summed E-state index contributed by atoms with van der Waals surface area (Å²) in [7, 11) is 1.42. The van der Waals surface area contributed by atoms with Gasteiger partial charge in [0.25, 0.3) is 0 Å². The van der Waals surface area contributed by atoms with Crippen molar-refractivity contribution < 1.29 is 14.2 Å². The second-order valence-electron chi connectivity index (χ2n) is 4.63. The Kier molecular flexibility index (Phi) is 3.81. The zero-order valence-corrected chi connectivity index (χ0v) is 10.9. The summed E-state index contributed by atoms with van der Waals surface area (Å²) in [4.78, 5) is 3.97. The normalized spacial score (nSPS) is 13.9. The smallest absolute Gasteiger partial charge is 0.168 e. The fourth-order valence-corrected chi connectivity index (χ4v) is 2.00. The molecule has 0 fully saturated rings. The van der Waals surface area contributed by atoms with Gasteiger partial charge in [-0.15, -0.1) is 0 Å². The molecule has 0 aliphatic carbocycles. The molecular formula is C15H16FNO2. The molecule has 2 aromatic rings. The SMILES string of the molecule is COc1cccc(CC(C)(O)c2cccnc2)c1F. The van der Waals surface area contributed by atoms with E-state index in [1.165, 1.54) is 7.11 Å². The minimum Gasteiger partial charge on any atom is -0.494 e. The van der Waals surface area contributed by atoms with Crippen molar-refractivity contribution in [1.29, 1.82) is 0 Å². The van der Waals surface area contributed by atoms with E-state index in [4.69, 9.17) is 4.74 Å². The van der Waals surface area contributed by atoms with Gasteiger partial charge in [-0.2, -0.15) is 0 Å². The van der Waals surface area contributed by atoms with Crippen LogP contribution < -0.4 is 4.74 Å². The van der Waals surface area contributed by atoms with E-state index in [1.807, 2.05) is 0 Å². The summed E-state index contributed by atoms with van der Waals surface area (Å²) in [6.45, 7) is 1.64. The lowest BCUT2D eigenvalue weighted by atomic mass is 9.90. The van der Waals surface area contributed by atoms with Crippen molar-refractivity contribution in [2.75, 3.05) is 7.11 Å². The first-order valence-corrected chi connectivity index (χ1v) is 5.99. The number of pyridine rings is 1. The van der Waals surface area contributed by atoms with Gasteiger partial charge in [0.05, 0.1) is 12.7 Å². The number of methoxy groups -OCH3 is 1. The zero-order valence-electron chi connectivity index (χ0n) is 10.9. The van der Waals surface area contributed by atoms with Crippen LogP contribution in [-0.2, 0) is 12.0 Å². The molecule has 1 aromatic heterocycles. The van der Waals surface area contributed by atoms with Crippen molar-refractivity contribution in [2.24, 2.45) is 0 Å². The number of nitrogens with zero attached hydrogens (tertiary/aromatic N) is 1. The molecule has 1 aromatic carbocycles. The van der Waals surface area contributed by atoms with Crippen LogP contribution in [0.4, 0.5) is 4.39 Å². The monoisotopic (exact) mass is 261 g/mol. The third-order valence-electron chi connectivity index (χ3n) is 3.08. The lowest BCUT2D eigenvalue weighted by molar-refractivity contribution is 0.0562. The van der Waals surface area contributed by atoms with Crippen LogP contribution in [0, 0.1) is 5.82 Å². The van der Waals surface area contributed by atoms with Gasteiger partial charge in [0, 0.05) is 24.4 Å². The maximum Gasteiger partial charge on any atom is 0.168 e. The molecule has 4 heteroatoms. The number of hydrogen-bond acceptors (Lipinski definition) is 3. The second-order valence-corrected chi connectivity index (χ2v) is 4.63. The third-order valence-corrected chi connectivity index (χ3v) is 3.08. The molecule has 3 nitrogen and oxygen atoms in total. The lowest BCUT2D eigenvalue weighted by Gasteiger charge is -2.24. The van der Waals surface area contributed by atoms with Crippen LogP contribution in [-0.4, -0.2) is 17.2 Å². The van der Waals surface area contributed by atoms with Gasteiger partial charge in [-0.05, 0) is 24.6 Å². The van der Waals surface area contributed by atoms with E-state index in [-0.39, 0.29) is 12.2 Å². The van der Waals surface area contributed by atoms with E-state index in [0.29, 0.717) is 11.1 Å². The first kappa shape index (κ1) is 13.5. The van der Waals surface area contributed by atoms with Gasteiger partial charge in [0.2, 0.25) is 0 Å². The van der Waals surface area contributed by atoms with Gasteiger partial charge < -0.3 is 9.84 Å². The van der Waals surface area contributed by atoms with Gasteiger partial charge in [0.1, 0.15) is 0 Å². The van der Waals surface area contributed by atoms with Crippen LogP contribution in [0.1, 0.15) is 18.1 Å². The van der Waals surface area contributed by atoms with Gasteiger partial charge >= 0.3 is 0 Å². The van der Waals surface area contributed by atoms with E-state index in [2.05, 4.69) is 4.98 Å². The fraction of sp³-hybridized carbons (Fsp3) is 0.267. The maximum atomic E-state index is 14.1. The van der Waals surface area contributed by atoms with Crippen molar-refractivity contribution in [2.45, 2.75) is 18.9 Å². The fourth-order valence-electron chi connectivity index (χ4n) is 2.00. The van der Waals surface area contributed by atoms with Crippen LogP contribution >= 0.6 is 0 Å². The predicted molar refractivity (Wildman–Crippen MR) is 70.5 cm³/mol. The highest BCUT2D eigenvalue weighted by Crippen LogP contribution is 2.28. The van der Waals surface area contributed by atoms with Crippen molar-refractivity contribution in [1.82, 2.24) is 4.98 Å². The van der Waals surface area contributed by atoms with Crippen molar-refractivity contribution in [3.63, 3.8) is 0 Å². The third kappa shape index (κ3) is 2.90. The highest BCUT2D eigenvalue weighted by molar-refractivity contribution is 5.33. The molecule has 100 valence electrons. The average Bonchev–Trinajstić information content (AvgIpc) is 2.42. The number of halogens is 1. The predicted octanol–water partition coefficient (Wildman–Crippen LogP) is 2.68. The van der Waals surface area contributed by atoms with Gasteiger partial charge in [-0.3, -0.25) is 4.98 Å². The molecule has 0 radical (unpaired) electrons. The minimum absolute atomic E-state index is 0.154. The van der Waals surface area contributed by atoms with Crippen molar-refractivity contribution in [3.8, 4) is 5.75 Å². The first-order chi connectivity index (χ1) is 9.04. The van der Waals surface area contributed by atoms with Crippen molar-refractivity contribution >= 4 is 0 Å². The Morgan fingerprint density at radius 3 is 2.74 bits per heavy atom. The lowest BCUT2D eigenvalue weighted by Crippen LogP contribution is -2.25. The number of aliphatic hydroxyl groups is 1. The minimum atomic E-state index is -1.18. The summed E-state index contributed by atoms with van der Waals surface area (Å²) < 4.78 is 19.0. The molecule has 0 saturated carbocycles. The second kappa shape index (κ2) is 5.36. The van der Waals surface area contributed by atoms with Crippen LogP contribution in [0.2, 0.25) is 0 Å². The summed E-state index contributed by atoms with van der Waals surface area (Å²) in [5.41, 5.74) is -0.119. The Hall–Kier alpha value is -1.94. The number of ether oxygens (including phenoxy) is 1. The Morgan fingerprint density at radius 2 is 2.11 bits per heavy atom. The molecule has 0 aliphatic heterocycles. The molecule has 19 heavy (non-hydrogen) atoms. The number of rotatable bonds is 4. The van der Waals surface area contributed by atoms with Crippen LogP contribution in [0.15, 0.2) is 42.7 Å². The van der Waals surface area contributed by atoms with Gasteiger partial charge in [0.15, 0.2) is 11.6 Å². The van der Waals surface area contributed by atoms with Crippen LogP contribution in [0.5, 0.6) is 5.75 Å². The molecule has 1 heterocycles. The van der Waals surface area contributed by atoms with Gasteiger partial charge in [-0.25, -0.2) is 4.39 Å². The van der Waals surface area contributed by atoms with E-state index in [1.54, 1.807) is 49.6 Å². The highest BCUT2D eigenvalue weighted by atomic mass is 19.1. The molecular weight excluding hydrogens is 245 g/mol. The molecule has 1 unspecified atom stereocenters. The Balaban J connectivity index is 2.31. The molecule has 2 rings (SSSR count). The molecule has 0 bridgehead atoms. The molecule has 0 saturated heterocycles. The first-order valence-electron chi connectivity index (χ1n) is 5.99. The highest BCUT2D eigenvalue weighted by Gasteiger charge is 2.25. The molecule has 0 aliphatic rings. The van der Waals surface area contributed by atoms with E-state index < -0.39 is 11.4 Å². The maximum absolute atomic E-state index is 14.1. The molecule has 1 atom stereocenters. The van der Waals surface area contributed by atoms with Crippen molar-refractivity contribution in [3.05, 3.63) is 59.7 Å². The Morgan fingerprint density at radius 1 is 1.32 bits per heavy atom. The number of benzene rings is 1. The van der Waals surface area contributed by atoms with E-state index >= 15 is 0 Å². The van der Waals surface area contributed by atoms with E-state index in [9.17, 15) is 9.50 Å². The standard InChI is InChI=1S/C15H16FNO2/c1-15(18,12-6-4-8-17-10-12)9-11-5-3-7-13(19-2)14(11)16/h3-8,10,18H,9H2,1-2H3. The molecule has 1 N–H and O–H groups in total. The average molecular weight is 261 g/mol. The Labute approximate surface area is 111 Å². The summed E-state index contributed by atoms with van der Waals surface area (Å²) >= 11 is 0. The molecule has 0 spiro atoms. The van der Waals surface area contributed by atoms with E-state index in [0.717, 1.165) is 0 Å².